The number of aryl methyl sites for hydroxylation is 1. The predicted octanol–water partition coefficient (Wildman–Crippen LogP) is 4.66. The van der Waals surface area contributed by atoms with E-state index in [0.717, 1.165) is 61.4 Å². The van der Waals surface area contributed by atoms with Crippen LogP contribution in [0.1, 0.15) is 47.9 Å². The third kappa shape index (κ3) is 3.72. The van der Waals surface area contributed by atoms with Crippen LogP contribution in [0.15, 0.2) is 42.0 Å². The fraction of sp³-hybridized carbons (Fsp3) is 0.423. The predicted molar refractivity (Wildman–Crippen MR) is 120 cm³/mol. The largest absolute Gasteiger partial charge is 0.497 e. The summed E-state index contributed by atoms with van der Waals surface area (Å²) in [5.74, 6) is 1.13. The smallest absolute Gasteiger partial charge is 0.310 e. The van der Waals surface area contributed by atoms with Gasteiger partial charge in [-0.25, -0.2) is 0 Å². The monoisotopic (exact) mass is 419 g/mol. The van der Waals surface area contributed by atoms with Gasteiger partial charge in [0.1, 0.15) is 18.1 Å². The van der Waals surface area contributed by atoms with E-state index in [1.807, 2.05) is 6.07 Å². The van der Waals surface area contributed by atoms with E-state index in [-0.39, 0.29) is 0 Å². The van der Waals surface area contributed by atoms with Crippen LogP contribution in [-0.4, -0.2) is 42.7 Å². The van der Waals surface area contributed by atoms with Crippen molar-refractivity contribution in [2.45, 2.75) is 39.2 Å². The first-order valence-electron chi connectivity index (χ1n) is 11.1. The Labute approximate surface area is 183 Å². The molecule has 0 bridgehead atoms. The number of aliphatic carboxylic acids is 1. The Bertz CT molecular complexity index is 1060. The molecule has 2 aromatic rings. The molecule has 2 heterocycles. The molecule has 1 saturated carbocycles. The van der Waals surface area contributed by atoms with Crippen LogP contribution in [0.4, 0.5) is 0 Å². The second kappa shape index (κ2) is 7.72. The normalized spacial score (nSPS) is 19.7. The highest BCUT2D eigenvalue weighted by Gasteiger charge is 2.51. The van der Waals surface area contributed by atoms with E-state index >= 15 is 0 Å². The molecule has 1 N–H and O–H groups in total. The zero-order chi connectivity index (χ0) is 21.6. The molecule has 1 aliphatic carbocycles. The van der Waals surface area contributed by atoms with Crippen LogP contribution in [0.2, 0.25) is 0 Å². The van der Waals surface area contributed by atoms with Gasteiger partial charge >= 0.3 is 5.97 Å². The maximum absolute atomic E-state index is 11.6. The molecule has 3 aliphatic rings. The second-order valence-electron chi connectivity index (χ2n) is 9.15. The Hall–Kier alpha value is -2.79. The second-order valence-corrected chi connectivity index (χ2v) is 9.15. The summed E-state index contributed by atoms with van der Waals surface area (Å²) in [6.45, 7) is 5.12. The Morgan fingerprint density at radius 3 is 2.58 bits per heavy atom. The average molecular weight is 420 g/mol. The third-order valence-electron chi connectivity index (χ3n) is 7.02. The van der Waals surface area contributed by atoms with Crippen LogP contribution in [0.3, 0.4) is 0 Å². The third-order valence-corrected chi connectivity index (χ3v) is 7.02. The van der Waals surface area contributed by atoms with E-state index in [9.17, 15) is 9.90 Å². The fourth-order valence-corrected chi connectivity index (χ4v) is 4.96. The molecule has 1 saturated heterocycles. The summed E-state index contributed by atoms with van der Waals surface area (Å²) in [7, 11) is 1.69. The van der Waals surface area contributed by atoms with Gasteiger partial charge in [0.15, 0.2) is 0 Å². The van der Waals surface area contributed by atoms with Crippen LogP contribution < -0.4 is 9.47 Å². The highest BCUT2D eigenvalue weighted by Crippen LogP contribution is 2.47. The molecular formula is C26H29NO4. The lowest BCUT2D eigenvalue weighted by Gasteiger charge is -2.32. The Balaban J connectivity index is 1.51. The SMILES string of the molecule is COc1ccc2c(c1)COc1ccc(C)cc1C2=C1CCN(CC2(C(=O)O)CC2)CC1. The summed E-state index contributed by atoms with van der Waals surface area (Å²) in [5, 5.41) is 9.55. The number of carboxylic acid groups (broad SMARTS) is 1. The summed E-state index contributed by atoms with van der Waals surface area (Å²) < 4.78 is 11.7. The van der Waals surface area contributed by atoms with Crippen LogP contribution in [-0.2, 0) is 11.4 Å². The zero-order valence-corrected chi connectivity index (χ0v) is 18.2. The highest BCUT2D eigenvalue weighted by molar-refractivity contribution is 5.87. The number of hydrogen-bond acceptors (Lipinski definition) is 4. The van der Waals surface area contributed by atoms with Crippen molar-refractivity contribution in [2.75, 3.05) is 26.7 Å². The molecule has 0 amide bonds. The molecule has 0 radical (unpaired) electrons. The molecule has 162 valence electrons. The average Bonchev–Trinajstić information content (AvgIpc) is 3.57. The molecule has 5 rings (SSSR count). The molecule has 0 spiro atoms. The van der Waals surface area contributed by atoms with Crippen molar-refractivity contribution < 1.29 is 19.4 Å². The van der Waals surface area contributed by atoms with Gasteiger partial charge in [0.05, 0.1) is 12.5 Å². The van der Waals surface area contributed by atoms with Crippen molar-refractivity contribution in [1.82, 2.24) is 4.90 Å². The molecule has 5 nitrogen and oxygen atoms in total. The lowest BCUT2D eigenvalue weighted by Crippen LogP contribution is -2.38. The minimum atomic E-state index is -0.634. The molecular weight excluding hydrogens is 390 g/mol. The summed E-state index contributed by atoms with van der Waals surface area (Å²) in [6.07, 6.45) is 3.52. The first-order chi connectivity index (χ1) is 15.0. The number of likely N-dealkylation sites (tertiary alicyclic amines) is 1. The molecule has 5 heteroatoms. The number of piperidine rings is 1. The topological polar surface area (TPSA) is 59.0 Å². The number of rotatable bonds is 4. The molecule has 2 aliphatic heterocycles. The van der Waals surface area contributed by atoms with Crippen LogP contribution in [0.5, 0.6) is 11.5 Å². The highest BCUT2D eigenvalue weighted by atomic mass is 16.5. The van der Waals surface area contributed by atoms with Gasteiger partial charge < -0.3 is 19.5 Å². The van der Waals surface area contributed by atoms with Crippen molar-refractivity contribution >= 4 is 11.5 Å². The van der Waals surface area contributed by atoms with Gasteiger partial charge in [-0.15, -0.1) is 0 Å². The van der Waals surface area contributed by atoms with Crippen molar-refractivity contribution in [2.24, 2.45) is 5.41 Å². The fourth-order valence-electron chi connectivity index (χ4n) is 4.96. The molecule has 0 unspecified atom stereocenters. The quantitative estimate of drug-likeness (QED) is 0.781. The minimum Gasteiger partial charge on any atom is -0.497 e. The van der Waals surface area contributed by atoms with E-state index in [2.05, 4.69) is 42.2 Å². The van der Waals surface area contributed by atoms with Gasteiger partial charge in [0.2, 0.25) is 0 Å². The minimum absolute atomic E-state index is 0.492. The number of carbonyl (C=O) groups is 1. The van der Waals surface area contributed by atoms with Gasteiger partial charge in [-0.3, -0.25) is 4.79 Å². The number of hydrogen-bond donors (Lipinski definition) is 1. The maximum atomic E-state index is 11.6. The first kappa shape index (κ1) is 20.1. The molecule has 0 aromatic heterocycles. The van der Waals surface area contributed by atoms with E-state index in [1.165, 1.54) is 22.3 Å². The summed E-state index contributed by atoms with van der Waals surface area (Å²) in [4.78, 5) is 13.9. The first-order valence-corrected chi connectivity index (χ1v) is 11.1. The van der Waals surface area contributed by atoms with Gasteiger partial charge in [-0.1, -0.05) is 23.3 Å². The number of nitrogens with zero attached hydrogens (tertiary/aromatic N) is 1. The number of ether oxygens (including phenoxy) is 2. The molecule has 31 heavy (non-hydrogen) atoms. The van der Waals surface area contributed by atoms with Gasteiger partial charge in [-0.2, -0.15) is 0 Å². The zero-order valence-electron chi connectivity index (χ0n) is 18.2. The summed E-state index contributed by atoms with van der Waals surface area (Å²) in [6, 6.07) is 12.7. The van der Waals surface area contributed by atoms with Gasteiger partial charge in [0, 0.05) is 30.8 Å². The molecule has 0 atom stereocenters. The molecule has 2 aromatic carbocycles. The van der Waals surface area contributed by atoms with E-state index in [0.29, 0.717) is 13.2 Å². The Morgan fingerprint density at radius 1 is 1.13 bits per heavy atom. The number of benzene rings is 2. The number of methoxy groups -OCH3 is 1. The van der Waals surface area contributed by atoms with E-state index in [1.54, 1.807) is 7.11 Å². The van der Waals surface area contributed by atoms with Crippen molar-refractivity contribution in [1.29, 1.82) is 0 Å². The number of carboxylic acids is 1. The van der Waals surface area contributed by atoms with Gasteiger partial charge in [0.25, 0.3) is 0 Å². The standard InChI is InChI=1S/C26H29NO4/c1-17-3-6-23-22(13-17)24(21-5-4-20(30-2)14-19(21)15-31-23)18-7-11-27(12-8-18)16-26(9-10-26)25(28)29/h3-6,13-14H,7-12,15-16H2,1-2H3,(H,28,29). The summed E-state index contributed by atoms with van der Waals surface area (Å²) >= 11 is 0. The maximum Gasteiger partial charge on any atom is 0.310 e. The number of fused-ring (bicyclic) bond motifs is 2. The van der Waals surface area contributed by atoms with Crippen molar-refractivity contribution in [3.63, 3.8) is 0 Å². The van der Waals surface area contributed by atoms with Crippen molar-refractivity contribution in [3.8, 4) is 11.5 Å². The lowest BCUT2D eigenvalue weighted by molar-refractivity contribution is -0.144. The lowest BCUT2D eigenvalue weighted by atomic mass is 9.85. The Kier molecular flexibility index (Phi) is 5.01. The van der Waals surface area contributed by atoms with Crippen LogP contribution in [0, 0.1) is 12.3 Å². The summed E-state index contributed by atoms with van der Waals surface area (Å²) in [5.41, 5.74) is 6.96. The van der Waals surface area contributed by atoms with Crippen molar-refractivity contribution in [3.05, 3.63) is 64.2 Å². The van der Waals surface area contributed by atoms with Crippen LogP contribution >= 0.6 is 0 Å². The van der Waals surface area contributed by atoms with Gasteiger partial charge in [-0.05, 0) is 68.0 Å². The Morgan fingerprint density at radius 2 is 1.90 bits per heavy atom. The van der Waals surface area contributed by atoms with Crippen LogP contribution in [0.25, 0.3) is 5.57 Å². The van der Waals surface area contributed by atoms with E-state index < -0.39 is 11.4 Å². The van der Waals surface area contributed by atoms with E-state index in [4.69, 9.17) is 9.47 Å². The molecule has 2 fully saturated rings.